The number of nitrogens with one attached hydrogen (secondary N) is 1. The molecule has 1 heterocycles. The second-order valence-electron chi connectivity index (χ2n) is 4.49. The lowest BCUT2D eigenvalue weighted by molar-refractivity contribution is -0.126. The Balaban J connectivity index is 1.96. The third-order valence-corrected chi connectivity index (χ3v) is 3.13. The summed E-state index contributed by atoms with van der Waals surface area (Å²) < 4.78 is 0. The topological polar surface area (TPSA) is 49.4 Å². The number of benzene rings is 1. The van der Waals surface area contributed by atoms with Gasteiger partial charge in [0.05, 0.1) is 5.92 Å². The third-order valence-electron chi connectivity index (χ3n) is 3.13. The van der Waals surface area contributed by atoms with Crippen molar-refractivity contribution >= 4 is 17.5 Å². The fourth-order valence-electron chi connectivity index (χ4n) is 2.14. The molecule has 0 bridgehead atoms. The number of carbonyl (C=O) groups excluding carboxylic acids is 2. The number of anilines is 1. The Hall–Kier alpha value is -2.28. The van der Waals surface area contributed by atoms with Crippen LogP contribution in [0.2, 0.25) is 0 Å². The molecule has 1 saturated heterocycles. The van der Waals surface area contributed by atoms with E-state index in [2.05, 4.69) is 11.2 Å². The third kappa shape index (κ3) is 3.14. The van der Waals surface area contributed by atoms with Crippen LogP contribution in [0.25, 0.3) is 0 Å². The van der Waals surface area contributed by atoms with Gasteiger partial charge in [-0.2, -0.15) is 0 Å². The SMILES string of the molecule is C#CCCNC(=O)C1CC(=O)N(c2ccccc2)C1. The number of nitrogens with zero attached hydrogens (tertiary/aromatic N) is 1. The molecule has 0 aromatic heterocycles. The molecule has 0 saturated carbocycles. The molecule has 1 unspecified atom stereocenters. The minimum atomic E-state index is -0.287. The van der Waals surface area contributed by atoms with Gasteiger partial charge in [0, 0.05) is 31.6 Å². The highest BCUT2D eigenvalue weighted by Crippen LogP contribution is 2.24. The largest absolute Gasteiger partial charge is 0.355 e. The van der Waals surface area contributed by atoms with Crippen LogP contribution in [0.15, 0.2) is 30.3 Å². The maximum Gasteiger partial charge on any atom is 0.227 e. The Morgan fingerprint density at radius 1 is 1.42 bits per heavy atom. The van der Waals surface area contributed by atoms with E-state index >= 15 is 0 Å². The van der Waals surface area contributed by atoms with Crippen LogP contribution in [0.3, 0.4) is 0 Å². The summed E-state index contributed by atoms with van der Waals surface area (Å²) in [6.45, 7) is 0.899. The van der Waals surface area contributed by atoms with Gasteiger partial charge in [-0.05, 0) is 12.1 Å². The maximum atomic E-state index is 11.9. The summed E-state index contributed by atoms with van der Waals surface area (Å²) in [5, 5.41) is 2.76. The Morgan fingerprint density at radius 2 is 2.16 bits per heavy atom. The molecule has 2 amide bonds. The van der Waals surface area contributed by atoms with Crippen LogP contribution in [-0.2, 0) is 9.59 Å². The Bertz CT molecular complexity index is 505. The van der Waals surface area contributed by atoms with Gasteiger partial charge in [0.1, 0.15) is 0 Å². The van der Waals surface area contributed by atoms with Gasteiger partial charge in [0.2, 0.25) is 11.8 Å². The molecule has 4 heteroatoms. The van der Waals surface area contributed by atoms with Gasteiger partial charge in [-0.15, -0.1) is 12.3 Å². The summed E-state index contributed by atoms with van der Waals surface area (Å²) in [6.07, 6.45) is 5.89. The Morgan fingerprint density at radius 3 is 2.84 bits per heavy atom. The summed E-state index contributed by atoms with van der Waals surface area (Å²) in [5.41, 5.74) is 0.839. The number of terminal acetylenes is 1. The maximum absolute atomic E-state index is 11.9. The predicted octanol–water partition coefficient (Wildman–Crippen LogP) is 1.18. The molecule has 4 nitrogen and oxygen atoms in total. The molecule has 1 N–H and O–H groups in total. The molecule has 1 atom stereocenters. The van der Waals surface area contributed by atoms with Gasteiger partial charge in [-0.1, -0.05) is 18.2 Å². The predicted molar refractivity (Wildman–Crippen MR) is 73.4 cm³/mol. The molecule has 19 heavy (non-hydrogen) atoms. The van der Waals surface area contributed by atoms with Gasteiger partial charge in [-0.3, -0.25) is 9.59 Å². The molecule has 0 spiro atoms. The molecule has 1 aromatic rings. The van der Waals surface area contributed by atoms with Crippen LogP contribution >= 0.6 is 0 Å². The van der Waals surface area contributed by atoms with E-state index in [0.29, 0.717) is 19.5 Å². The van der Waals surface area contributed by atoms with Crippen molar-refractivity contribution in [1.29, 1.82) is 0 Å². The zero-order valence-corrected chi connectivity index (χ0v) is 10.6. The lowest BCUT2D eigenvalue weighted by Gasteiger charge is -2.16. The van der Waals surface area contributed by atoms with Crippen molar-refractivity contribution < 1.29 is 9.59 Å². The number of rotatable bonds is 4. The number of para-hydroxylation sites is 1. The van der Waals surface area contributed by atoms with E-state index in [1.54, 1.807) is 4.90 Å². The van der Waals surface area contributed by atoms with E-state index in [4.69, 9.17) is 6.42 Å². The van der Waals surface area contributed by atoms with Crippen molar-refractivity contribution in [2.75, 3.05) is 18.0 Å². The highest BCUT2D eigenvalue weighted by atomic mass is 16.2. The average molecular weight is 256 g/mol. The molecular weight excluding hydrogens is 240 g/mol. The van der Waals surface area contributed by atoms with Gasteiger partial charge in [0.25, 0.3) is 0 Å². The highest BCUT2D eigenvalue weighted by Gasteiger charge is 2.34. The molecule has 1 fully saturated rings. The molecule has 0 aliphatic carbocycles. The summed E-state index contributed by atoms with van der Waals surface area (Å²) >= 11 is 0. The van der Waals surface area contributed by atoms with E-state index in [0.717, 1.165) is 5.69 Å². The molecule has 2 rings (SSSR count). The molecule has 98 valence electrons. The van der Waals surface area contributed by atoms with E-state index in [9.17, 15) is 9.59 Å². The summed E-state index contributed by atoms with van der Waals surface area (Å²) in [6, 6.07) is 9.40. The molecule has 1 aliphatic rings. The van der Waals surface area contributed by atoms with Gasteiger partial charge < -0.3 is 10.2 Å². The Kier molecular flexibility index (Phi) is 4.19. The van der Waals surface area contributed by atoms with Crippen molar-refractivity contribution in [2.45, 2.75) is 12.8 Å². The van der Waals surface area contributed by atoms with E-state index in [1.807, 2.05) is 30.3 Å². The molecular formula is C15H16N2O2. The summed E-state index contributed by atoms with van der Waals surface area (Å²) in [4.78, 5) is 25.5. The van der Waals surface area contributed by atoms with Crippen molar-refractivity contribution in [2.24, 2.45) is 5.92 Å². The second-order valence-corrected chi connectivity index (χ2v) is 4.49. The van der Waals surface area contributed by atoms with Crippen molar-refractivity contribution in [3.8, 4) is 12.3 Å². The van der Waals surface area contributed by atoms with Crippen LogP contribution in [0, 0.1) is 18.3 Å². The monoisotopic (exact) mass is 256 g/mol. The van der Waals surface area contributed by atoms with Gasteiger partial charge in [0.15, 0.2) is 0 Å². The standard InChI is InChI=1S/C15H16N2O2/c1-2-3-9-16-15(19)12-10-14(18)17(11-12)13-7-5-4-6-8-13/h1,4-8,12H,3,9-11H2,(H,16,19). The average Bonchev–Trinajstić information content (AvgIpc) is 2.82. The second kappa shape index (κ2) is 6.05. The first kappa shape index (κ1) is 13.2. The van der Waals surface area contributed by atoms with E-state index < -0.39 is 0 Å². The minimum Gasteiger partial charge on any atom is -0.355 e. The fourth-order valence-corrected chi connectivity index (χ4v) is 2.14. The number of hydrogen-bond acceptors (Lipinski definition) is 2. The van der Waals surface area contributed by atoms with Gasteiger partial charge in [-0.25, -0.2) is 0 Å². The zero-order valence-electron chi connectivity index (χ0n) is 10.6. The minimum absolute atomic E-state index is 0.0108. The van der Waals surface area contributed by atoms with Crippen LogP contribution in [0.4, 0.5) is 5.69 Å². The molecule has 1 aromatic carbocycles. The quantitative estimate of drug-likeness (QED) is 0.649. The first-order valence-electron chi connectivity index (χ1n) is 6.29. The van der Waals surface area contributed by atoms with E-state index in [-0.39, 0.29) is 24.2 Å². The van der Waals surface area contributed by atoms with Crippen LogP contribution in [0.1, 0.15) is 12.8 Å². The first-order chi connectivity index (χ1) is 9.22. The summed E-state index contributed by atoms with van der Waals surface area (Å²) in [5.74, 6) is 2.07. The zero-order chi connectivity index (χ0) is 13.7. The van der Waals surface area contributed by atoms with Crippen molar-refractivity contribution in [3.63, 3.8) is 0 Å². The Labute approximate surface area is 112 Å². The van der Waals surface area contributed by atoms with Crippen LogP contribution in [0.5, 0.6) is 0 Å². The number of carbonyl (C=O) groups is 2. The van der Waals surface area contributed by atoms with Crippen LogP contribution < -0.4 is 10.2 Å². The number of amides is 2. The van der Waals surface area contributed by atoms with E-state index in [1.165, 1.54) is 0 Å². The molecule has 0 radical (unpaired) electrons. The van der Waals surface area contributed by atoms with Crippen molar-refractivity contribution in [1.82, 2.24) is 5.32 Å². The number of hydrogen-bond donors (Lipinski definition) is 1. The first-order valence-corrected chi connectivity index (χ1v) is 6.29. The summed E-state index contributed by atoms with van der Waals surface area (Å²) in [7, 11) is 0. The highest BCUT2D eigenvalue weighted by molar-refractivity contribution is 6.00. The molecule has 1 aliphatic heterocycles. The van der Waals surface area contributed by atoms with Crippen molar-refractivity contribution in [3.05, 3.63) is 30.3 Å². The smallest absolute Gasteiger partial charge is 0.227 e. The fraction of sp³-hybridized carbons (Fsp3) is 0.333. The van der Waals surface area contributed by atoms with Gasteiger partial charge >= 0.3 is 0 Å². The van der Waals surface area contributed by atoms with Crippen LogP contribution in [-0.4, -0.2) is 24.9 Å². The lowest BCUT2D eigenvalue weighted by Crippen LogP contribution is -2.33. The normalized spacial score (nSPS) is 18.2. The lowest BCUT2D eigenvalue weighted by atomic mass is 10.1.